The number of ether oxygens (including phenoxy) is 1. The van der Waals surface area contributed by atoms with Crippen LogP contribution in [0.4, 0.5) is 8.78 Å². The van der Waals surface area contributed by atoms with Gasteiger partial charge in [0.15, 0.2) is 0 Å². The van der Waals surface area contributed by atoms with Crippen molar-refractivity contribution in [1.82, 2.24) is 0 Å². The zero-order valence-corrected chi connectivity index (χ0v) is 5.86. The fourth-order valence-corrected chi connectivity index (χ4v) is 1.84. The number of methoxy groups -OCH3 is 1. The van der Waals surface area contributed by atoms with E-state index in [0.717, 1.165) is 0 Å². The Morgan fingerprint density at radius 1 is 1.50 bits per heavy atom. The van der Waals surface area contributed by atoms with Gasteiger partial charge < -0.3 is 4.74 Å². The molecule has 0 aromatic heterocycles. The molecule has 0 radical (unpaired) electrons. The molecular weight excluding hydrogens is 138 g/mol. The molecule has 2 aliphatic carbocycles. The topological polar surface area (TPSA) is 9.23 Å². The van der Waals surface area contributed by atoms with Gasteiger partial charge >= 0.3 is 0 Å². The molecule has 0 saturated heterocycles. The van der Waals surface area contributed by atoms with Crippen LogP contribution in [0, 0.1) is 11.3 Å². The van der Waals surface area contributed by atoms with Gasteiger partial charge in [0.05, 0.1) is 12.5 Å². The second kappa shape index (κ2) is 1.52. The monoisotopic (exact) mass is 148 g/mol. The minimum atomic E-state index is -2.40. The van der Waals surface area contributed by atoms with Crippen molar-refractivity contribution in [3.8, 4) is 0 Å². The number of rotatable bonds is 2. The Morgan fingerprint density at radius 2 is 2.10 bits per heavy atom. The van der Waals surface area contributed by atoms with E-state index < -0.39 is 17.3 Å². The maximum Gasteiger partial charge on any atom is 0.259 e. The highest BCUT2D eigenvalue weighted by molar-refractivity contribution is 5.25. The molecule has 2 fully saturated rings. The van der Waals surface area contributed by atoms with Gasteiger partial charge in [0.2, 0.25) is 0 Å². The van der Waals surface area contributed by atoms with Crippen LogP contribution in [0.1, 0.15) is 12.8 Å². The summed E-state index contributed by atoms with van der Waals surface area (Å²) in [7, 11) is 1.48. The van der Waals surface area contributed by atoms with Crippen molar-refractivity contribution in [1.29, 1.82) is 0 Å². The van der Waals surface area contributed by atoms with Gasteiger partial charge in [-0.1, -0.05) is 0 Å². The third-order valence-electron chi connectivity index (χ3n) is 2.81. The Kier molecular flexibility index (Phi) is 0.994. The average molecular weight is 148 g/mol. The summed E-state index contributed by atoms with van der Waals surface area (Å²) in [5.74, 6) is -2.87. The van der Waals surface area contributed by atoms with Crippen molar-refractivity contribution in [3.63, 3.8) is 0 Å². The minimum Gasteiger partial charge on any atom is -0.384 e. The molecular formula is C7H10F2O. The zero-order chi connectivity index (χ0) is 7.41. The van der Waals surface area contributed by atoms with Crippen LogP contribution in [0.15, 0.2) is 0 Å². The highest BCUT2D eigenvalue weighted by Crippen LogP contribution is 2.79. The molecule has 1 unspecified atom stereocenters. The fraction of sp³-hybridized carbons (Fsp3) is 1.00. The molecule has 1 nitrogen and oxygen atoms in total. The summed E-state index contributed by atoms with van der Waals surface area (Å²) in [5, 5.41) is 0. The third kappa shape index (κ3) is 0.506. The number of halogens is 2. The van der Waals surface area contributed by atoms with Gasteiger partial charge in [-0.05, 0) is 12.8 Å². The normalized spacial score (nSPS) is 38.1. The summed E-state index contributed by atoms with van der Waals surface area (Å²) in [5.41, 5.74) is -0.594. The largest absolute Gasteiger partial charge is 0.384 e. The van der Waals surface area contributed by atoms with Crippen molar-refractivity contribution in [2.75, 3.05) is 13.7 Å². The smallest absolute Gasteiger partial charge is 0.259 e. The van der Waals surface area contributed by atoms with Crippen LogP contribution in [0.2, 0.25) is 0 Å². The molecule has 0 aliphatic heterocycles. The van der Waals surface area contributed by atoms with E-state index in [9.17, 15) is 8.78 Å². The maximum absolute atomic E-state index is 12.7. The molecule has 3 heteroatoms. The Morgan fingerprint density at radius 3 is 2.40 bits per heavy atom. The van der Waals surface area contributed by atoms with Crippen molar-refractivity contribution < 1.29 is 13.5 Å². The Hall–Kier alpha value is -0.180. The van der Waals surface area contributed by atoms with Gasteiger partial charge in [0, 0.05) is 12.5 Å². The van der Waals surface area contributed by atoms with E-state index in [2.05, 4.69) is 0 Å². The van der Waals surface area contributed by atoms with E-state index in [1.807, 2.05) is 0 Å². The van der Waals surface area contributed by atoms with Gasteiger partial charge in [-0.15, -0.1) is 0 Å². The first kappa shape index (κ1) is 6.53. The van der Waals surface area contributed by atoms with Gasteiger partial charge in [-0.3, -0.25) is 0 Å². The Bertz CT molecular complexity index is 159. The first-order chi connectivity index (χ1) is 4.65. The molecule has 1 spiro atoms. The van der Waals surface area contributed by atoms with E-state index in [1.54, 1.807) is 0 Å². The van der Waals surface area contributed by atoms with E-state index in [4.69, 9.17) is 4.74 Å². The van der Waals surface area contributed by atoms with Gasteiger partial charge in [0.25, 0.3) is 5.92 Å². The molecule has 0 bridgehead atoms. The standard InChI is InChI=1S/C7H10F2O/c1-10-4-5-6(2-3-6)7(5,8)9/h5H,2-4H2,1H3. The molecule has 0 amide bonds. The van der Waals surface area contributed by atoms with E-state index >= 15 is 0 Å². The summed E-state index contributed by atoms with van der Waals surface area (Å²) in [4.78, 5) is 0. The minimum absolute atomic E-state index is 0.229. The van der Waals surface area contributed by atoms with Crippen LogP contribution in [0.5, 0.6) is 0 Å². The van der Waals surface area contributed by atoms with E-state index in [0.29, 0.717) is 12.8 Å². The fourth-order valence-electron chi connectivity index (χ4n) is 1.84. The summed E-state index contributed by atoms with van der Waals surface area (Å²) >= 11 is 0. The SMILES string of the molecule is COCC1C(F)(F)C12CC2. The lowest BCUT2D eigenvalue weighted by molar-refractivity contribution is 0.0613. The van der Waals surface area contributed by atoms with Crippen LogP contribution in [-0.4, -0.2) is 19.6 Å². The van der Waals surface area contributed by atoms with Crippen molar-refractivity contribution in [2.45, 2.75) is 18.8 Å². The molecule has 2 aliphatic rings. The van der Waals surface area contributed by atoms with Crippen molar-refractivity contribution in [2.24, 2.45) is 11.3 Å². The van der Waals surface area contributed by atoms with E-state index in [-0.39, 0.29) is 6.61 Å². The van der Waals surface area contributed by atoms with Crippen LogP contribution in [0.25, 0.3) is 0 Å². The molecule has 10 heavy (non-hydrogen) atoms. The predicted molar refractivity (Wildman–Crippen MR) is 32.0 cm³/mol. The number of alkyl halides is 2. The molecule has 0 aromatic carbocycles. The summed E-state index contributed by atoms with van der Waals surface area (Å²) in [6.07, 6.45) is 1.40. The second-order valence-corrected chi connectivity index (χ2v) is 3.29. The maximum atomic E-state index is 12.7. The van der Waals surface area contributed by atoms with Gasteiger partial charge in [-0.25, -0.2) is 8.78 Å². The lowest BCUT2D eigenvalue weighted by atomic mass is 10.3. The summed E-state index contributed by atoms with van der Waals surface area (Å²) < 4.78 is 30.2. The third-order valence-corrected chi connectivity index (χ3v) is 2.81. The van der Waals surface area contributed by atoms with Crippen LogP contribution in [0.3, 0.4) is 0 Å². The van der Waals surface area contributed by atoms with Crippen LogP contribution >= 0.6 is 0 Å². The molecule has 2 rings (SSSR count). The highest BCUT2D eigenvalue weighted by Gasteiger charge is 2.85. The first-order valence-corrected chi connectivity index (χ1v) is 3.52. The summed E-state index contributed by atoms with van der Waals surface area (Å²) in [6, 6.07) is 0. The summed E-state index contributed by atoms with van der Waals surface area (Å²) in [6.45, 7) is 0.229. The quantitative estimate of drug-likeness (QED) is 0.579. The first-order valence-electron chi connectivity index (χ1n) is 3.52. The molecule has 2 saturated carbocycles. The van der Waals surface area contributed by atoms with E-state index in [1.165, 1.54) is 7.11 Å². The lowest BCUT2D eigenvalue weighted by Gasteiger charge is -1.92. The second-order valence-electron chi connectivity index (χ2n) is 3.29. The molecule has 0 heterocycles. The van der Waals surface area contributed by atoms with Crippen LogP contribution in [-0.2, 0) is 4.74 Å². The Labute approximate surface area is 58.4 Å². The predicted octanol–water partition coefficient (Wildman–Crippen LogP) is 1.68. The Balaban J connectivity index is 2.02. The molecule has 0 N–H and O–H groups in total. The number of hydrogen-bond donors (Lipinski definition) is 0. The average Bonchev–Trinajstić information content (AvgIpc) is 2.68. The van der Waals surface area contributed by atoms with Crippen molar-refractivity contribution in [3.05, 3.63) is 0 Å². The highest BCUT2D eigenvalue weighted by atomic mass is 19.3. The molecule has 0 aromatic rings. The molecule has 1 atom stereocenters. The van der Waals surface area contributed by atoms with Crippen LogP contribution < -0.4 is 0 Å². The van der Waals surface area contributed by atoms with Gasteiger partial charge in [0.1, 0.15) is 0 Å². The molecule has 58 valence electrons. The van der Waals surface area contributed by atoms with Crippen molar-refractivity contribution >= 4 is 0 Å². The van der Waals surface area contributed by atoms with Gasteiger partial charge in [-0.2, -0.15) is 0 Å². The zero-order valence-electron chi connectivity index (χ0n) is 5.86. The lowest BCUT2D eigenvalue weighted by Crippen LogP contribution is -1.99. The number of hydrogen-bond acceptors (Lipinski definition) is 1.